The standard InChI is InChI=1S/C19H18FN5O/c20-15-5-3-13(4-6-15)14-9-16(21-11-14)19(26)24-17-10-18(23-12-22-17)25-7-1-2-8-25/h3-6,9-12,21H,1-2,7-8H2,(H,22,23,24,26). The molecular formula is C19H18FN5O. The Labute approximate surface area is 150 Å². The minimum absolute atomic E-state index is 0.288. The van der Waals surface area contributed by atoms with Crippen LogP contribution in [-0.2, 0) is 0 Å². The molecule has 0 spiro atoms. The van der Waals surface area contributed by atoms with Crippen LogP contribution in [0.25, 0.3) is 11.1 Å². The molecule has 0 aliphatic carbocycles. The van der Waals surface area contributed by atoms with Crippen LogP contribution in [0.3, 0.4) is 0 Å². The van der Waals surface area contributed by atoms with Crippen LogP contribution in [0.1, 0.15) is 23.3 Å². The first-order valence-electron chi connectivity index (χ1n) is 8.52. The summed E-state index contributed by atoms with van der Waals surface area (Å²) < 4.78 is 13.0. The van der Waals surface area contributed by atoms with Crippen LogP contribution in [0.4, 0.5) is 16.0 Å². The summed E-state index contributed by atoms with van der Waals surface area (Å²) in [5, 5.41) is 2.79. The molecule has 0 bridgehead atoms. The van der Waals surface area contributed by atoms with Gasteiger partial charge in [0, 0.05) is 25.4 Å². The van der Waals surface area contributed by atoms with Crippen LogP contribution < -0.4 is 10.2 Å². The van der Waals surface area contributed by atoms with Crippen molar-refractivity contribution in [2.75, 3.05) is 23.3 Å². The molecule has 1 fully saturated rings. The summed E-state index contributed by atoms with van der Waals surface area (Å²) in [6.45, 7) is 1.95. The molecule has 1 aliphatic heterocycles. The zero-order valence-corrected chi connectivity index (χ0v) is 14.1. The molecule has 6 nitrogen and oxygen atoms in total. The number of nitrogens with one attached hydrogen (secondary N) is 2. The van der Waals surface area contributed by atoms with Gasteiger partial charge in [0.05, 0.1) is 0 Å². The number of anilines is 2. The topological polar surface area (TPSA) is 73.9 Å². The van der Waals surface area contributed by atoms with Crippen molar-refractivity contribution in [1.82, 2.24) is 15.0 Å². The van der Waals surface area contributed by atoms with Gasteiger partial charge in [-0.2, -0.15) is 0 Å². The Bertz CT molecular complexity index is 916. The number of halogens is 1. The summed E-state index contributed by atoms with van der Waals surface area (Å²) in [6.07, 6.45) is 5.49. The molecule has 1 amide bonds. The highest BCUT2D eigenvalue weighted by Gasteiger charge is 2.15. The number of hydrogen-bond acceptors (Lipinski definition) is 4. The molecule has 3 aromatic rings. The lowest BCUT2D eigenvalue weighted by molar-refractivity contribution is 0.102. The van der Waals surface area contributed by atoms with Crippen molar-refractivity contribution < 1.29 is 9.18 Å². The molecule has 1 saturated heterocycles. The van der Waals surface area contributed by atoms with Crippen LogP contribution >= 0.6 is 0 Å². The first-order valence-corrected chi connectivity index (χ1v) is 8.52. The SMILES string of the molecule is O=C(Nc1cc(N2CCCC2)ncn1)c1cc(-c2ccc(F)cc2)c[nH]1. The maximum absolute atomic E-state index is 13.0. The number of nitrogens with zero attached hydrogens (tertiary/aromatic N) is 3. The van der Waals surface area contributed by atoms with Crippen molar-refractivity contribution in [1.29, 1.82) is 0 Å². The second-order valence-corrected chi connectivity index (χ2v) is 6.22. The quantitative estimate of drug-likeness (QED) is 0.755. The average Bonchev–Trinajstić information content (AvgIpc) is 3.35. The van der Waals surface area contributed by atoms with E-state index in [2.05, 4.69) is 25.2 Å². The van der Waals surface area contributed by atoms with Gasteiger partial charge in [-0.1, -0.05) is 12.1 Å². The van der Waals surface area contributed by atoms with Crippen LogP contribution in [0, 0.1) is 5.82 Å². The fourth-order valence-electron chi connectivity index (χ4n) is 3.05. The highest BCUT2D eigenvalue weighted by Crippen LogP contribution is 2.22. The van der Waals surface area contributed by atoms with Gasteiger partial charge in [-0.3, -0.25) is 4.79 Å². The Hall–Kier alpha value is -3.22. The van der Waals surface area contributed by atoms with E-state index in [1.165, 1.54) is 18.5 Å². The zero-order valence-electron chi connectivity index (χ0n) is 14.1. The van der Waals surface area contributed by atoms with Gasteiger partial charge in [-0.15, -0.1) is 0 Å². The molecule has 7 heteroatoms. The van der Waals surface area contributed by atoms with Gasteiger partial charge in [0.2, 0.25) is 0 Å². The molecule has 0 radical (unpaired) electrons. The van der Waals surface area contributed by atoms with Gasteiger partial charge in [0.15, 0.2) is 0 Å². The van der Waals surface area contributed by atoms with Crippen molar-refractivity contribution in [3.05, 3.63) is 60.4 Å². The first kappa shape index (κ1) is 16.3. The predicted octanol–water partition coefficient (Wildman–Crippen LogP) is 3.46. The number of carbonyl (C=O) groups is 1. The Balaban J connectivity index is 1.48. The Morgan fingerprint density at radius 2 is 1.85 bits per heavy atom. The van der Waals surface area contributed by atoms with E-state index in [1.807, 2.05) is 0 Å². The first-order chi connectivity index (χ1) is 12.7. The van der Waals surface area contributed by atoms with E-state index in [0.717, 1.165) is 42.9 Å². The lowest BCUT2D eigenvalue weighted by atomic mass is 10.1. The maximum Gasteiger partial charge on any atom is 0.273 e. The van der Waals surface area contributed by atoms with Crippen molar-refractivity contribution in [3.8, 4) is 11.1 Å². The molecule has 2 N–H and O–H groups in total. The average molecular weight is 351 g/mol. The Morgan fingerprint density at radius 1 is 1.08 bits per heavy atom. The third-order valence-electron chi connectivity index (χ3n) is 4.43. The van der Waals surface area contributed by atoms with Crippen LogP contribution in [0.15, 0.2) is 48.9 Å². The summed E-state index contributed by atoms with van der Waals surface area (Å²) in [5.41, 5.74) is 2.06. The van der Waals surface area contributed by atoms with E-state index in [-0.39, 0.29) is 11.7 Å². The Morgan fingerprint density at radius 3 is 2.62 bits per heavy atom. The highest BCUT2D eigenvalue weighted by molar-refractivity contribution is 6.03. The normalized spacial score (nSPS) is 13.8. The third kappa shape index (κ3) is 3.42. The van der Waals surface area contributed by atoms with E-state index in [1.54, 1.807) is 30.5 Å². The summed E-state index contributed by atoms with van der Waals surface area (Å²) in [7, 11) is 0. The molecule has 0 unspecified atom stereocenters. The van der Waals surface area contributed by atoms with Crippen molar-refractivity contribution in [2.24, 2.45) is 0 Å². The van der Waals surface area contributed by atoms with E-state index >= 15 is 0 Å². The molecule has 26 heavy (non-hydrogen) atoms. The summed E-state index contributed by atoms with van der Waals surface area (Å²) in [5.74, 6) is 0.709. The molecule has 3 heterocycles. The van der Waals surface area contributed by atoms with E-state index in [9.17, 15) is 9.18 Å². The van der Waals surface area contributed by atoms with Crippen LogP contribution in [0.2, 0.25) is 0 Å². The number of benzene rings is 1. The molecule has 4 rings (SSSR count). The fourth-order valence-corrected chi connectivity index (χ4v) is 3.05. The molecular weight excluding hydrogens is 333 g/mol. The lowest BCUT2D eigenvalue weighted by Gasteiger charge is -2.16. The minimum atomic E-state index is -0.292. The van der Waals surface area contributed by atoms with Crippen molar-refractivity contribution >= 4 is 17.5 Å². The van der Waals surface area contributed by atoms with Gasteiger partial charge >= 0.3 is 0 Å². The van der Waals surface area contributed by atoms with E-state index in [4.69, 9.17) is 0 Å². The van der Waals surface area contributed by atoms with E-state index < -0.39 is 0 Å². The number of rotatable bonds is 4. The smallest absolute Gasteiger partial charge is 0.273 e. The number of hydrogen-bond donors (Lipinski definition) is 2. The van der Waals surface area contributed by atoms with Gasteiger partial charge in [-0.25, -0.2) is 14.4 Å². The largest absolute Gasteiger partial charge is 0.357 e. The van der Waals surface area contributed by atoms with Gasteiger partial charge < -0.3 is 15.2 Å². The molecule has 1 aliphatic rings. The number of carbonyl (C=O) groups excluding carboxylic acids is 1. The highest BCUT2D eigenvalue weighted by atomic mass is 19.1. The van der Waals surface area contributed by atoms with Crippen molar-refractivity contribution in [2.45, 2.75) is 12.8 Å². The van der Waals surface area contributed by atoms with E-state index in [0.29, 0.717) is 11.5 Å². The second kappa shape index (κ2) is 6.95. The zero-order chi connectivity index (χ0) is 17.9. The number of aromatic amines is 1. The number of H-pyrrole nitrogens is 1. The minimum Gasteiger partial charge on any atom is -0.357 e. The van der Waals surface area contributed by atoms with Gasteiger partial charge in [0.25, 0.3) is 5.91 Å². The number of aromatic nitrogens is 3. The Kier molecular flexibility index (Phi) is 4.35. The maximum atomic E-state index is 13.0. The monoisotopic (exact) mass is 351 g/mol. The molecule has 0 saturated carbocycles. The van der Waals surface area contributed by atoms with Crippen LogP contribution in [0.5, 0.6) is 0 Å². The van der Waals surface area contributed by atoms with Gasteiger partial charge in [-0.05, 0) is 42.2 Å². The van der Waals surface area contributed by atoms with Gasteiger partial charge in [0.1, 0.15) is 29.5 Å². The van der Waals surface area contributed by atoms with Crippen molar-refractivity contribution in [3.63, 3.8) is 0 Å². The van der Waals surface area contributed by atoms with Crippen LogP contribution in [-0.4, -0.2) is 33.9 Å². The summed E-state index contributed by atoms with van der Waals surface area (Å²) in [6, 6.07) is 9.64. The molecule has 2 aromatic heterocycles. The fraction of sp³-hybridized carbons (Fsp3) is 0.211. The number of amides is 1. The second-order valence-electron chi connectivity index (χ2n) is 6.22. The molecule has 0 atom stereocenters. The predicted molar refractivity (Wildman–Crippen MR) is 97.6 cm³/mol. The summed E-state index contributed by atoms with van der Waals surface area (Å²) >= 11 is 0. The molecule has 1 aromatic carbocycles. The third-order valence-corrected chi connectivity index (χ3v) is 4.43. The summed E-state index contributed by atoms with van der Waals surface area (Å²) in [4.78, 5) is 26.0. The molecule has 132 valence electrons. The lowest BCUT2D eigenvalue weighted by Crippen LogP contribution is -2.20.